The van der Waals surface area contributed by atoms with Gasteiger partial charge >= 0.3 is 0 Å². The van der Waals surface area contributed by atoms with Crippen LogP contribution in [-0.2, 0) is 12.8 Å². The molecule has 0 saturated heterocycles. The van der Waals surface area contributed by atoms with Crippen LogP contribution >= 0.6 is 0 Å². The van der Waals surface area contributed by atoms with Crippen molar-refractivity contribution in [2.45, 2.75) is 77.7 Å². The standard InChI is InChI=1S/C34H39N5O/c1-3-4-5-6-13-23(37-33-25-15-8-11-18-29(25)38-30-19-12-9-16-26(30)33)21-35-34(40)31-20-27-24-14-7-10-17-28(24)39-32(27)22(2)36-31/h7-8,10-11,14-15,17-18,20,23,39H,3-6,9,12-13,16,19,21H2,1-2H3,(H,35,40)(H,37,38). The first-order valence-electron chi connectivity index (χ1n) is 15.0. The smallest absolute Gasteiger partial charge is 0.269 e. The SMILES string of the molecule is CCCCCCC(CNC(=O)c1cc2c([nH]c3ccccc32)c(C)n1)Nc1c2c(nc3ccccc13)CCCC2. The van der Waals surface area contributed by atoms with E-state index in [2.05, 4.69) is 63.9 Å². The van der Waals surface area contributed by atoms with Crippen LogP contribution in [0.4, 0.5) is 5.69 Å². The van der Waals surface area contributed by atoms with Crippen molar-refractivity contribution in [3.8, 4) is 0 Å². The van der Waals surface area contributed by atoms with Gasteiger partial charge in [0.25, 0.3) is 5.91 Å². The van der Waals surface area contributed by atoms with E-state index in [1.165, 1.54) is 54.4 Å². The molecule has 3 N–H and O–H groups in total. The number of para-hydroxylation sites is 2. The van der Waals surface area contributed by atoms with Crippen molar-refractivity contribution in [2.24, 2.45) is 0 Å². The van der Waals surface area contributed by atoms with Crippen molar-refractivity contribution in [3.05, 3.63) is 77.2 Å². The van der Waals surface area contributed by atoms with Crippen molar-refractivity contribution in [1.82, 2.24) is 20.3 Å². The Morgan fingerprint density at radius 1 is 0.950 bits per heavy atom. The van der Waals surface area contributed by atoms with Gasteiger partial charge in [0.15, 0.2) is 0 Å². The highest BCUT2D eigenvalue weighted by Gasteiger charge is 2.21. The summed E-state index contributed by atoms with van der Waals surface area (Å²) >= 11 is 0. The van der Waals surface area contributed by atoms with Crippen LogP contribution < -0.4 is 10.6 Å². The van der Waals surface area contributed by atoms with Crippen molar-refractivity contribution < 1.29 is 4.79 Å². The molecule has 0 fully saturated rings. The maximum absolute atomic E-state index is 13.5. The molecule has 6 nitrogen and oxygen atoms in total. The summed E-state index contributed by atoms with van der Waals surface area (Å²) in [4.78, 5) is 26.6. The van der Waals surface area contributed by atoms with Crippen LogP contribution in [-0.4, -0.2) is 33.4 Å². The molecule has 3 aromatic heterocycles. The van der Waals surface area contributed by atoms with Crippen LogP contribution in [0.15, 0.2) is 54.6 Å². The van der Waals surface area contributed by atoms with Gasteiger partial charge in [-0.25, -0.2) is 4.98 Å². The van der Waals surface area contributed by atoms with E-state index in [0.29, 0.717) is 12.2 Å². The molecule has 0 saturated carbocycles. The van der Waals surface area contributed by atoms with Gasteiger partial charge in [-0.2, -0.15) is 0 Å². The molecule has 5 aromatic rings. The Balaban J connectivity index is 1.26. The Morgan fingerprint density at radius 3 is 2.62 bits per heavy atom. The summed E-state index contributed by atoms with van der Waals surface area (Å²) in [5.74, 6) is -0.128. The van der Waals surface area contributed by atoms with E-state index in [-0.39, 0.29) is 11.9 Å². The van der Waals surface area contributed by atoms with Crippen molar-refractivity contribution in [2.75, 3.05) is 11.9 Å². The van der Waals surface area contributed by atoms with Gasteiger partial charge in [0.1, 0.15) is 5.69 Å². The largest absolute Gasteiger partial charge is 0.380 e. The summed E-state index contributed by atoms with van der Waals surface area (Å²) in [6.45, 7) is 4.75. The molecule has 1 atom stereocenters. The Bertz CT molecular complexity index is 1670. The number of unbranched alkanes of at least 4 members (excludes halogenated alkanes) is 3. The van der Waals surface area contributed by atoms with Crippen LogP contribution in [0.2, 0.25) is 0 Å². The van der Waals surface area contributed by atoms with Crippen LogP contribution in [0.1, 0.15) is 79.3 Å². The molecular weight excluding hydrogens is 494 g/mol. The molecule has 6 heteroatoms. The number of rotatable bonds is 10. The molecule has 0 aliphatic heterocycles. The lowest BCUT2D eigenvalue weighted by Crippen LogP contribution is -2.37. The predicted octanol–water partition coefficient (Wildman–Crippen LogP) is 7.63. The van der Waals surface area contributed by atoms with Crippen molar-refractivity contribution in [3.63, 3.8) is 0 Å². The lowest BCUT2D eigenvalue weighted by molar-refractivity contribution is 0.0946. The summed E-state index contributed by atoms with van der Waals surface area (Å²) in [6.07, 6.45) is 10.3. The molecule has 40 heavy (non-hydrogen) atoms. The number of carbonyl (C=O) groups excluding carboxylic acids is 1. The number of pyridine rings is 2. The maximum Gasteiger partial charge on any atom is 0.269 e. The first-order chi connectivity index (χ1) is 19.6. The number of hydrogen-bond donors (Lipinski definition) is 3. The lowest BCUT2D eigenvalue weighted by atomic mass is 9.92. The molecule has 1 aliphatic rings. The van der Waals surface area contributed by atoms with Crippen LogP contribution in [0.5, 0.6) is 0 Å². The minimum absolute atomic E-state index is 0.121. The number of anilines is 1. The average molecular weight is 534 g/mol. The molecule has 0 radical (unpaired) electrons. The van der Waals surface area contributed by atoms with Crippen LogP contribution in [0, 0.1) is 6.92 Å². The van der Waals surface area contributed by atoms with Gasteiger partial charge in [-0.15, -0.1) is 0 Å². The third kappa shape index (κ3) is 5.27. The summed E-state index contributed by atoms with van der Waals surface area (Å²) < 4.78 is 0. The second-order valence-electron chi connectivity index (χ2n) is 11.2. The van der Waals surface area contributed by atoms with E-state index in [0.717, 1.165) is 58.7 Å². The van der Waals surface area contributed by atoms with E-state index >= 15 is 0 Å². The zero-order chi connectivity index (χ0) is 27.5. The third-order valence-corrected chi connectivity index (χ3v) is 8.34. The zero-order valence-electron chi connectivity index (χ0n) is 23.6. The van der Waals surface area contributed by atoms with Crippen LogP contribution in [0.3, 0.4) is 0 Å². The summed E-state index contributed by atoms with van der Waals surface area (Å²) in [7, 11) is 0. The average Bonchev–Trinajstić information content (AvgIpc) is 3.37. The van der Waals surface area contributed by atoms with E-state index in [9.17, 15) is 4.79 Å². The number of aromatic nitrogens is 3. The molecule has 0 bridgehead atoms. The Hall–Kier alpha value is -3.93. The molecule has 6 rings (SSSR count). The Kier molecular flexibility index (Phi) is 7.67. The highest BCUT2D eigenvalue weighted by molar-refractivity contribution is 6.10. The fourth-order valence-electron chi connectivity index (χ4n) is 6.21. The Morgan fingerprint density at radius 2 is 1.75 bits per heavy atom. The highest BCUT2D eigenvalue weighted by atomic mass is 16.1. The topological polar surface area (TPSA) is 82.7 Å². The normalized spacial score (nSPS) is 13.9. The number of H-pyrrole nitrogens is 1. The predicted molar refractivity (Wildman–Crippen MR) is 165 cm³/mol. The van der Waals surface area contributed by atoms with Gasteiger partial charge in [0.05, 0.1) is 16.7 Å². The number of carbonyl (C=O) groups is 1. The van der Waals surface area contributed by atoms with Gasteiger partial charge in [-0.3, -0.25) is 9.78 Å². The summed E-state index contributed by atoms with van der Waals surface area (Å²) in [5.41, 5.74) is 8.20. The van der Waals surface area contributed by atoms with Gasteiger partial charge < -0.3 is 15.6 Å². The second kappa shape index (κ2) is 11.7. The van der Waals surface area contributed by atoms with E-state index < -0.39 is 0 Å². The van der Waals surface area contributed by atoms with Gasteiger partial charge in [0, 0.05) is 45.6 Å². The first kappa shape index (κ1) is 26.3. The molecule has 3 heterocycles. The first-order valence-corrected chi connectivity index (χ1v) is 15.0. The third-order valence-electron chi connectivity index (χ3n) is 8.34. The number of aryl methyl sites for hydroxylation is 2. The maximum atomic E-state index is 13.5. The summed E-state index contributed by atoms with van der Waals surface area (Å²) in [6, 6.07) is 18.7. The molecule has 1 unspecified atom stereocenters. The molecular formula is C34H39N5O. The van der Waals surface area contributed by atoms with E-state index in [4.69, 9.17) is 4.98 Å². The fraction of sp³-hybridized carbons (Fsp3) is 0.382. The molecule has 2 aromatic carbocycles. The number of aromatic amines is 1. The Labute approximate surface area is 236 Å². The molecule has 1 aliphatic carbocycles. The number of fused-ring (bicyclic) bond motifs is 5. The number of benzene rings is 2. The monoisotopic (exact) mass is 533 g/mol. The summed E-state index contributed by atoms with van der Waals surface area (Å²) in [5, 5.41) is 10.5. The van der Waals surface area contributed by atoms with Crippen molar-refractivity contribution >= 4 is 44.3 Å². The van der Waals surface area contributed by atoms with E-state index in [1.807, 2.05) is 25.1 Å². The van der Waals surface area contributed by atoms with Crippen molar-refractivity contribution in [1.29, 1.82) is 0 Å². The number of nitrogens with zero attached hydrogens (tertiary/aromatic N) is 2. The number of amides is 1. The highest BCUT2D eigenvalue weighted by Crippen LogP contribution is 2.34. The minimum Gasteiger partial charge on any atom is -0.380 e. The molecule has 0 spiro atoms. The minimum atomic E-state index is -0.128. The van der Waals surface area contributed by atoms with Gasteiger partial charge in [-0.1, -0.05) is 69.0 Å². The van der Waals surface area contributed by atoms with E-state index in [1.54, 1.807) is 0 Å². The lowest BCUT2D eigenvalue weighted by Gasteiger charge is -2.26. The molecule has 206 valence electrons. The second-order valence-corrected chi connectivity index (χ2v) is 11.2. The number of hydrogen-bond acceptors (Lipinski definition) is 4. The number of nitrogens with one attached hydrogen (secondary N) is 3. The van der Waals surface area contributed by atoms with Gasteiger partial charge in [-0.05, 0) is 62.8 Å². The van der Waals surface area contributed by atoms with Crippen LogP contribution in [0.25, 0.3) is 32.7 Å². The molecule has 1 amide bonds. The van der Waals surface area contributed by atoms with Gasteiger partial charge in [0.2, 0.25) is 0 Å². The zero-order valence-corrected chi connectivity index (χ0v) is 23.6. The quantitative estimate of drug-likeness (QED) is 0.161. The fourth-order valence-corrected chi connectivity index (χ4v) is 6.21.